The average molecular weight is 553 g/mol. The van der Waals surface area contributed by atoms with Gasteiger partial charge in [-0.25, -0.2) is 17.6 Å². The van der Waals surface area contributed by atoms with Gasteiger partial charge in [0.15, 0.2) is 11.6 Å². The lowest BCUT2D eigenvalue weighted by atomic mass is 9.74. The number of hydrogen-bond donors (Lipinski definition) is 1. The van der Waals surface area contributed by atoms with E-state index >= 15 is 4.39 Å². The molecule has 39 heavy (non-hydrogen) atoms. The second-order valence-corrected chi connectivity index (χ2v) is 9.70. The van der Waals surface area contributed by atoms with E-state index in [4.69, 9.17) is 9.47 Å². The van der Waals surface area contributed by atoms with Crippen molar-refractivity contribution in [3.63, 3.8) is 0 Å². The molecule has 0 aliphatic carbocycles. The van der Waals surface area contributed by atoms with Crippen LogP contribution in [-0.2, 0) is 11.5 Å². The number of aromatic nitrogens is 1. The van der Waals surface area contributed by atoms with Crippen LogP contribution in [0.3, 0.4) is 0 Å². The third kappa shape index (κ3) is 6.24. The van der Waals surface area contributed by atoms with Gasteiger partial charge >= 0.3 is 5.97 Å². The summed E-state index contributed by atoms with van der Waals surface area (Å²) >= 11 is 0. The largest absolute Gasteiger partial charge is 0.497 e. The Morgan fingerprint density at radius 1 is 1.18 bits per heavy atom. The van der Waals surface area contributed by atoms with Crippen molar-refractivity contribution in [1.82, 2.24) is 9.88 Å². The van der Waals surface area contributed by atoms with E-state index in [-0.39, 0.29) is 50.0 Å². The summed E-state index contributed by atoms with van der Waals surface area (Å²) in [6.45, 7) is 0.0271. The lowest BCUT2D eigenvalue weighted by Gasteiger charge is -2.39. The zero-order valence-corrected chi connectivity index (χ0v) is 21.4. The summed E-state index contributed by atoms with van der Waals surface area (Å²) in [4.78, 5) is 18.4. The second kappa shape index (κ2) is 12.1. The molecular formula is C28H29F5N2O4. The van der Waals surface area contributed by atoms with Crippen LogP contribution in [-0.4, -0.2) is 54.3 Å². The Morgan fingerprint density at radius 3 is 2.59 bits per heavy atom. The van der Waals surface area contributed by atoms with Gasteiger partial charge in [-0.05, 0) is 57.0 Å². The number of ether oxygens (including phenoxy) is 2. The van der Waals surface area contributed by atoms with E-state index in [1.807, 2.05) is 4.90 Å². The Bertz CT molecular complexity index is 1330. The number of methoxy groups -OCH3 is 1. The molecule has 2 aromatic carbocycles. The van der Waals surface area contributed by atoms with Crippen molar-refractivity contribution in [3.8, 4) is 11.5 Å². The summed E-state index contributed by atoms with van der Waals surface area (Å²) < 4.78 is 80.3. The maximum Gasteiger partial charge on any atom is 0.309 e. The molecular weight excluding hydrogens is 523 g/mol. The molecule has 4 rings (SSSR count). The van der Waals surface area contributed by atoms with Gasteiger partial charge in [-0.1, -0.05) is 0 Å². The van der Waals surface area contributed by atoms with E-state index in [0.29, 0.717) is 35.8 Å². The number of pyridine rings is 1. The van der Waals surface area contributed by atoms with Crippen molar-refractivity contribution in [3.05, 3.63) is 65.1 Å². The zero-order valence-electron chi connectivity index (χ0n) is 21.4. The lowest BCUT2D eigenvalue weighted by Crippen LogP contribution is -2.45. The van der Waals surface area contributed by atoms with Gasteiger partial charge in [-0.15, -0.1) is 0 Å². The Hall–Kier alpha value is -3.47. The quantitative estimate of drug-likeness (QED) is 0.227. The maximum absolute atomic E-state index is 15.7. The van der Waals surface area contributed by atoms with Crippen molar-refractivity contribution >= 4 is 16.9 Å². The van der Waals surface area contributed by atoms with Crippen LogP contribution in [0.4, 0.5) is 22.0 Å². The monoisotopic (exact) mass is 552 g/mol. The number of fused-ring (bicyclic) bond motifs is 1. The van der Waals surface area contributed by atoms with E-state index in [9.17, 15) is 27.5 Å². The first kappa shape index (κ1) is 28.5. The third-order valence-corrected chi connectivity index (χ3v) is 7.42. The molecule has 0 radical (unpaired) electrons. The number of halogens is 5. The molecule has 1 aliphatic rings. The van der Waals surface area contributed by atoms with Crippen LogP contribution >= 0.6 is 0 Å². The number of nitrogens with zero attached hydrogens (tertiary/aromatic N) is 2. The molecule has 1 aromatic heterocycles. The lowest BCUT2D eigenvalue weighted by molar-refractivity contribution is -0.153. The molecule has 0 bridgehead atoms. The highest BCUT2D eigenvalue weighted by Gasteiger charge is 2.42. The standard InChI is InChI=1S/C28H29F5N2O4/c1-38-19-2-3-23-20(14-19)25(17(15-29)16-34-23)21(31)4-5-28(27(36)37)6-8-35(9-7-28)10-11-39-24-13-18(30)12-22(32)26(24)33/h2-3,12-14,16,21H,4-11,15H2,1H3,(H,36,37)/t21-/m1/s1. The van der Waals surface area contributed by atoms with Gasteiger partial charge in [0, 0.05) is 41.4 Å². The summed E-state index contributed by atoms with van der Waals surface area (Å²) in [5.74, 6) is -4.69. The summed E-state index contributed by atoms with van der Waals surface area (Å²) in [6, 6.07) is 6.11. The molecule has 210 valence electrons. The summed E-state index contributed by atoms with van der Waals surface area (Å²) in [5, 5.41) is 10.5. The molecule has 0 spiro atoms. The number of likely N-dealkylation sites (tertiary alicyclic amines) is 1. The molecule has 2 heterocycles. The van der Waals surface area contributed by atoms with Crippen molar-refractivity contribution < 1.29 is 41.3 Å². The minimum atomic E-state index is -1.61. The van der Waals surface area contributed by atoms with Crippen LogP contribution in [0.5, 0.6) is 11.5 Å². The van der Waals surface area contributed by atoms with Crippen LogP contribution in [0, 0.1) is 22.9 Å². The van der Waals surface area contributed by atoms with E-state index in [1.165, 1.54) is 13.3 Å². The number of carboxylic acids is 1. The molecule has 1 fully saturated rings. The third-order valence-electron chi connectivity index (χ3n) is 7.42. The number of hydrogen-bond acceptors (Lipinski definition) is 5. The van der Waals surface area contributed by atoms with E-state index in [0.717, 1.165) is 6.07 Å². The van der Waals surface area contributed by atoms with Gasteiger partial charge in [0.2, 0.25) is 5.82 Å². The average Bonchev–Trinajstić information content (AvgIpc) is 2.93. The molecule has 3 aromatic rings. The van der Waals surface area contributed by atoms with E-state index in [1.54, 1.807) is 18.2 Å². The number of alkyl halides is 2. The highest BCUT2D eigenvalue weighted by atomic mass is 19.2. The highest BCUT2D eigenvalue weighted by molar-refractivity contribution is 5.85. The Morgan fingerprint density at radius 2 is 1.92 bits per heavy atom. The molecule has 11 heteroatoms. The highest BCUT2D eigenvalue weighted by Crippen LogP contribution is 2.41. The summed E-state index contributed by atoms with van der Waals surface area (Å²) in [7, 11) is 1.47. The zero-order chi connectivity index (χ0) is 28.2. The first-order valence-corrected chi connectivity index (χ1v) is 12.6. The predicted octanol–water partition coefficient (Wildman–Crippen LogP) is 6.17. The molecule has 1 saturated heterocycles. The molecule has 0 saturated carbocycles. The normalized spacial score (nSPS) is 16.3. The summed E-state index contributed by atoms with van der Waals surface area (Å²) in [5.41, 5.74) is -0.430. The number of carbonyl (C=O) groups is 1. The minimum absolute atomic E-state index is 0.0428. The fourth-order valence-corrected chi connectivity index (χ4v) is 5.08. The van der Waals surface area contributed by atoms with Crippen molar-refractivity contribution in [2.45, 2.75) is 38.5 Å². The molecule has 0 amide bonds. The van der Waals surface area contributed by atoms with Gasteiger partial charge in [-0.3, -0.25) is 14.7 Å². The van der Waals surface area contributed by atoms with Gasteiger partial charge < -0.3 is 14.6 Å². The molecule has 6 nitrogen and oxygen atoms in total. The van der Waals surface area contributed by atoms with Crippen molar-refractivity contribution in [1.29, 1.82) is 0 Å². The van der Waals surface area contributed by atoms with Gasteiger partial charge in [-0.2, -0.15) is 4.39 Å². The van der Waals surface area contributed by atoms with Crippen LogP contribution in [0.2, 0.25) is 0 Å². The summed E-state index contributed by atoms with van der Waals surface area (Å²) in [6.07, 6.45) is 0.0775. The van der Waals surface area contributed by atoms with Crippen molar-refractivity contribution in [2.75, 3.05) is 33.4 Å². The smallest absolute Gasteiger partial charge is 0.309 e. The first-order valence-electron chi connectivity index (χ1n) is 12.6. The van der Waals surface area contributed by atoms with Crippen LogP contribution in [0.1, 0.15) is 43.0 Å². The Labute approximate surface area is 222 Å². The van der Waals surface area contributed by atoms with Gasteiger partial charge in [0.25, 0.3) is 0 Å². The Kier molecular flexibility index (Phi) is 8.89. The second-order valence-electron chi connectivity index (χ2n) is 9.70. The molecule has 1 N–H and O–H groups in total. The van der Waals surface area contributed by atoms with E-state index in [2.05, 4.69) is 4.98 Å². The fraction of sp³-hybridized carbons (Fsp3) is 0.429. The number of aliphatic carboxylic acids is 1. The van der Waals surface area contributed by atoms with Crippen LogP contribution in [0.25, 0.3) is 10.9 Å². The maximum atomic E-state index is 15.7. The van der Waals surface area contributed by atoms with Crippen LogP contribution < -0.4 is 9.47 Å². The number of piperidine rings is 1. The van der Waals surface area contributed by atoms with Gasteiger partial charge in [0.1, 0.15) is 31.0 Å². The number of rotatable bonds is 11. The molecule has 1 aliphatic heterocycles. The Balaban J connectivity index is 1.39. The van der Waals surface area contributed by atoms with E-state index < -0.39 is 47.4 Å². The predicted molar refractivity (Wildman–Crippen MR) is 134 cm³/mol. The fourth-order valence-electron chi connectivity index (χ4n) is 5.08. The molecule has 0 unspecified atom stereocenters. The SMILES string of the molecule is COc1ccc2ncc(CF)c([C@H](F)CCC3(C(=O)O)CCN(CCOc4cc(F)cc(F)c4F)CC3)c2c1. The topological polar surface area (TPSA) is 71.9 Å². The number of benzene rings is 2. The number of carboxylic acid groups (broad SMARTS) is 1. The first-order chi connectivity index (χ1) is 18.7. The molecule has 1 atom stereocenters. The minimum Gasteiger partial charge on any atom is -0.497 e. The van der Waals surface area contributed by atoms with Crippen molar-refractivity contribution in [2.24, 2.45) is 5.41 Å². The van der Waals surface area contributed by atoms with Gasteiger partial charge in [0.05, 0.1) is 18.0 Å². The van der Waals surface area contributed by atoms with Crippen LogP contribution in [0.15, 0.2) is 36.5 Å².